The number of hydrogen-bond donors (Lipinski definition) is 2. The molecule has 3 atom stereocenters. The third kappa shape index (κ3) is 6.06. The van der Waals surface area contributed by atoms with Gasteiger partial charge in [-0.2, -0.15) is 0 Å². The monoisotopic (exact) mass is 246 g/mol. The Morgan fingerprint density at radius 3 is 2.50 bits per heavy atom. The molecule has 0 aromatic rings. The third-order valence-electron chi connectivity index (χ3n) is 2.67. The zero-order chi connectivity index (χ0) is 12.6. The Labute approximate surface area is 99.9 Å². The highest BCUT2D eigenvalue weighted by atomic mass is 31.0. The molecule has 0 rings (SSSR count). The summed E-state index contributed by atoms with van der Waals surface area (Å²) in [7, 11) is 2.65. The molecule has 0 heterocycles. The van der Waals surface area contributed by atoms with E-state index in [0.29, 0.717) is 25.2 Å². The summed E-state index contributed by atoms with van der Waals surface area (Å²) in [5.74, 6) is -0.304. The average Bonchev–Trinajstić information content (AvgIpc) is 2.27. The van der Waals surface area contributed by atoms with Gasteiger partial charge in [-0.15, -0.1) is 9.24 Å². The Hall–Kier alpha value is -0.630. The predicted molar refractivity (Wildman–Crippen MR) is 70.9 cm³/mol. The van der Waals surface area contributed by atoms with Gasteiger partial charge in [-0.1, -0.05) is 13.8 Å². The maximum absolute atomic E-state index is 10.7. The first-order chi connectivity index (χ1) is 7.52. The molecule has 0 aromatic heterocycles. The van der Waals surface area contributed by atoms with Crippen LogP contribution in [0, 0.1) is 5.92 Å². The second-order valence-electron chi connectivity index (χ2n) is 3.91. The molecule has 4 nitrogen and oxygen atoms in total. The van der Waals surface area contributed by atoms with Crippen LogP contribution in [0.3, 0.4) is 0 Å². The molecule has 0 bridgehead atoms. The normalized spacial score (nSPS) is 15.8. The van der Waals surface area contributed by atoms with Gasteiger partial charge >= 0.3 is 5.97 Å². The second kappa shape index (κ2) is 8.51. The Kier molecular flexibility index (Phi) is 8.18. The highest BCUT2D eigenvalue weighted by molar-refractivity contribution is 7.19. The molecule has 3 unspecified atom stereocenters. The molecule has 0 spiro atoms. The maximum atomic E-state index is 10.7. The Morgan fingerprint density at radius 2 is 2.06 bits per heavy atom. The van der Waals surface area contributed by atoms with Gasteiger partial charge in [0.05, 0.1) is 5.92 Å². The summed E-state index contributed by atoms with van der Waals surface area (Å²) >= 11 is 0. The van der Waals surface area contributed by atoms with Gasteiger partial charge in [0.1, 0.15) is 5.84 Å². The van der Waals surface area contributed by atoms with Gasteiger partial charge in [0.2, 0.25) is 0 Å². The minimum atomic E-state index is -0.711. The second-order valence-corrected chi connectivity index (χ2v) is 4.71. The quantitative estimate of drug-likeness (QED) is 0.297. The largest absolute Gasteiger partial charge is 0.481 e. The van der Waals surface area contributed by atoms with Crippen molar-refractivity contribution in [3.8, 4) is 0 Å². The van der Waals surface area contributed by atoms with Crippen LogP contribution < -0.4 is 5.73 Å². The minimum absolute atomic E-state index is 0.237. The van der Waals surface area contributed by atoms with Crippen molar-refractivity contribution in [2.45, 2.75) is 45.2 Å². The predicted octanol–water partition coefficient (Wildman–Crippen LogP) is 1.89. The van der Waals surface area contributed by atoms with Gasteiger partial charge in [0.15, 0.2) is 0 Å². The van der Waals surface area contributed by atoms with E-state index in [2.05, 4.69) is 21.2 Å². The molecular weight excluding hydrogens is 223 g/mol. The lowest BCUT2D eigenvalue weighted by molar-refractivity contribution is -0.142. The van der Waals surface area contributed by atoms with Gasteiger partial charge in [0.25, 0.3) is 0 Å². The fraction of sp³-hybridized carbons (Fsp3) is 0.818. The zero-order valence-corrected chi connectivity index (χ0v) is 11.3. The summed E-state index contributed by atoms with van der Waals surface area (Å²) in [5.41, 5.74) is 5.99. The molecule has 16 heavy (non-hydrogen) atoms. The van der Waals surface area contributed by atoms with Crippen LogP contribution in [0.4, 0.5) is 0 Å². The van der Waals surface area contributed by atoms with Crippen molar-refractivity contribution >= 4 is 21.0 Å². The molecule has 0 radical (unpaired) electrons. The summed E-state index contributed by atoms with van der Waals surface area (Å²) < 4.78 is 0. The van der Waals surface area contributed by atoms with E-state index in [0.717, 1.165) is 12.8 Å². The van der Waals surface area contributed by atoms with Crippen molar-refractivity contribution in [1.29, 1.82) is 0 Å². The molecule has 0 saturated carbocycles. The van der Waals surface area contributed by atoms with Crippen LogP contribution in [0.15, 0.2) is 4.99 Å². The summed E-state index contributed by atoms with van der Waals surface area (Å²) in [4.78, 5) is 15.0. The molecule has 94 valence electrons. The van der Waals surface area contributed by atoms with E-state index >= 15 is 0 Å². The van der Waals surface area contributed by atoms with E-state index < -0.39 is 5.97 Å². The number of hydrogen-bond acceptors (Lipinski definition) is 2. The fourth-order valence-electron chi connectivity index (χ4n) is 1.37. The lowest BCUT2D eigenvalue weighted by atomic mass is 10.0. The Balaban J connectivity index is 3.86. The molecule has 0 aromatic carbocycles. The number of carbonyl (C=O) groups is 1. The third-order valence-corrected chi connectivity index (χ3v) is 3.48. The van der Waals surface area contributed by atoms with E-state index in [1.807, 2.05) is 6.92 Å². The van der Waals surface area contributed by atoms with Crippen LogP contribution in [0.1, 0.15) is 39.5 Å². The first-order valence-electron chi connectivity index (χ1n) is 5.81. The number of carboxylic acids is 1. The van der Waals surface area contributed by atoms with E-state index in [1.54, 1.807) is 0 Å². The minimum Gasteiger partial charge on any atom is -0.481 e. The van der Waals surface area contributed by atoms with Gasteiger partial charge in [-0.3, -0.25) is 9.79 Å². The Bertz CT molecular complexity index is 244. The molecule has 0 aliphatic heterocycles. The van der Waals surface area contributed by atoms with E-state index in [1.165, 1.54) is 0 Å². The van der Waals surface area contributed by atoms with Crippen molar-refractivity contribution < 1.29 is 9.90 Å². The number of aliphatic carboxylic acids is 1. The van der Waals surface area contributed by atoms with E-state index in [9.17, 15) is 4.79 Å². The van der Waals surface area contributed by atoms with Gasteiger partial charge < -0.3 is 10.8 Å². The molecule has 0 fully saturated rings. The summed E-state index contributed by atoms with van der Waals surface area (Å²) in [6.45, 7) is 4.57. The SMILES string of the molecule is CCC(P)C(N)=NCCCC(CC)C(=O)O. The molecule has 0 aliphatic rings. The van der Waals surface area contributed by atoms with Crippen LogP contribution in [0.5, 0.6) is 0 Å². The first-order valence-corrected chi connectivity index (χ1v) is 6.47. The number of nitrogens with zero attached hydrogens (tertiary/aromatic N) is 1. The number of amidine groups is 1. The molecule has 3 N–H and O–H groups in total. The molecule has 0 amide bonds. The fourth-order valence-corrected chi connectivity index (χ4v) is 1.48. The molecular formula is C11H23N2O2P. The standard InChI is InChI=1S/C11H23N2O2P/c1-3-8(11(14)15)6-5-7-13-10(12)9(16)4-2/h8-9H,3-7,16H2,1-2H3,(H2,12,13)(H,14,15). The van der Waals surface area contributed by atoms with Crippen molar-refractivity contribution in [3.05, 3.63) is 0 Å². The van der Waals surface area contributed by atoms with Crippen LogP contribution in [0.25, 0.3) is 0 Å². The highest BCUT2D eigenvalue weighted by Gasteiger charge is 2.13. The van der Waals surface area contributed by atoms with Crippen molar-refractivity contribution in [3.63, 3.8) is 0 Å². The average molecular weight is 246 g/mol. The molecule has 5 heteroatoms. The van der Waals surface area contributed by atoms with Gasteiger partial charge in [-0.05, 0) is 25.7 Å². The highest BCUT2D eigenvalue weighted by Crippen LogP contribution is 2.11. The lowest BCUT2D eigenvalue weighted by Crippen LogP contribution is -2.23. The van der Waals surface area contributed by atoms with Crippen LogP contribution >= 0.6 is 9.24 Å². The van der Waals surface area contributed by atoms with E-state index in [-0.39, 0.29) is 11.6 Å². The van der Waals surface area contributed by atoms with Gasteiger partial charge in [-0.25, -0.2) is 0 Å². The Morgan fingerprint density at radius 1 is 1.44 bits per heavy atom. The first kappa shape index (κ1) is 15.4. The van der Waals surface area contributed by atoms with Crippen molar-refractivity contribution in [2.24, 2.45) is 16.6 Å². The van der Waals surface area contributed by atoms with Crippen molar-refractivity contribution in [1.82, 2.24) is 0 Å². The van der Waals surface area contributed by atoms with Crippen LogP contribution in [-0.4, -0.2) is 29.1 Å². The zero-order valence-electron chi connectivity index (χ0n) is 10.1. The number of rotatable bonds is 8. The topological polar surface area (TPSA) is 75.7 Å². The summed E-state index contributed by atoms with van der Waals surface area (Å²) in [6.07, 6.45) is 3.09. The smallest absolute Gasteiger partial charge is 0.306 e. The van der Waals surface area contributed by atoms with E-state index in [4.69, 9.17) is 10.8 Å². The number of aliphatic imine (C=N–C) groups is 1. The van der Waals surface area contributed by atoms with Crippen LogP contribution in [0.2, 0.25) is 0 Å². The summed E-state index contributed by atoms with van der Waals surface area (Å²) in [6, 6.07) is 0. The molecule has 0 aliphatic carbocycles. The number of nitrogens with two attached hydrogens (primary N) is 1. The summed E-state index contributed by atoms with van der Waals surface area (Å²) in [5, 5.41) is 8.84. The van der Waals surface area contributed by atoms with Crippen LogP contribution in [-0.2, 0) is 4.79 Å². The van der Waals surface area contributed by atoms with Crippen molar-refractivity contribution in [2.75, 3.05) is 6.54 Å². The molecule has 0 saturated heterocycles. The maximum Gasteiger partial charge on any atom is 0.306 e. The number of carboxylic acid groups (broad SMARTS) is 1. The lowest BCUT2D eigenvalue weighted by Gasteiger charge is -2.09. The van der Waals surface area contributed by atoms with Gasteiger partial charge in [0, 0.05) is 12.2 Å².